The monoisotopic (exact) mass is 464 g/mol. The molecule has 2 heteroatoms. The Kier molecular flexibility index (Phi) is 7.12. The lowest BCUT2D eigenvalue weighted by atomic mass is 10.00. The molecule has 0 N–H and O–H groups in total. The molecule has 172 valence electrons. The summed E-state index contributed by atoms with van der Waals surface area (Å²) in [6, 6.07) is 21.7. The lowest BCUT2D eigenvalue weighted by Gasteiger charge is -2.32. The van der Waals surface area contributed by atoms with Crippen molar-refractivity contribution in [2.75, 3.05) is 0 Å². The molecule has 4 fully saturated rings. The molecule has 6 unspecified atom stereocenters. The van der Waals surface area contributed by atoms with Crippen LogP contribution in [0.15, 0.2) is 60.7 Å². The number of rotatable bonds is 4. The molecule has 6 atom stereocenters. The fourth-order valence-electron chi connectivity index (χ4n) is 7.25. The molecule has 0 nitrogen and oxygen atoms in total. The second-order valence-electron chi connectivity index (χ2n) is 11.9. The first kappa shape index (κ1) is 23.1. The van der Waals surface area contributed by atoms with Crippen LogP contribution in [0, 0.1) is 23.7 Å². The topological polar surface area (TPSA) is 0 Å². The lowest BCUT2D eigenvalue weighted by Crippen LogP contribution is -2.26. The first-order chi connectivity index (χ1) is 15.5. The zero-order chi connectivity index (χ0) is 22.1. The van der Waals surface area contributed by atoms with Crippen LogP contribution >= 0.6 is 16.5 Å². The second-order valence-corrected chi connectivity index (χ2v) is 16.8. The Morgan fingerprint density at radius 1 is 0.625 bits per heavy atom. The molecule has 32 heavy (non-hydrogen) atoms. The van der Waals surface area contributed by atoms with Gasteiger partial charge in [0.2, 0.25) is 0 Å². The van der Waals surface area contributed by atoms with Crippen molar-refractivity contribution in [3.8, 4) is 0 Å². The van der Waals surface area contributed by atoms with E-state index in [9.17, 15) is 0 Å². The smallest absolute Gasteiger partial charge is 0.00991 e. The largest absolute Gasteiger partial charge is 0.115 e. The molecule has 0 amide bonds. The minimum atomic E-state index is -0.292. The van der Waals surface area contributed by atoms with Gasteiger partial charge in [-0.05, 0) is 97.2 Å². The van der Waals surface area contributed by atoms with Gasteiger partial charge in [-0.15, -0.1) is 8.58 Å². The molecule has 0 spiro atoms. The molecule has 0 saturated heterocycles. The maximum atomic E-state index is 2.33. The van der Waals surface area contributed by atoms with Gasteiger partial charge in [-0.3, -0.25) is 0 Å². The average Bonchev–Trinajstić information content (AvgIpc) is 3.57. The first-order valence-electron chi connectivity index (χ1n) is 13.1. The van der Waals surface area contributed by atoms with Crippen molar-refractivity contribution in [2.24, 2.45) is 23.7 Å². The predicted octanol–water partition coefficient (Wildman–Crippen LogP) is 7.96. The standard InChI is InChI=1S/C16H19P.C14H23P/c1-16(2,3)17(14-10-6-4-7-11-14)15-12-8-5-9-13-15;1-3-11-5-9(1)7-13(11)15-14-8-10-2-4-12(14)6-10/h4-13H,1-3H3;9-15H,1-8H2. The van der Waals surface area contributed by atoms with Crippen molar-refractivity contribution in [1.82, 2.24) is 0 Å². The van der Waals surface area contributed by atoms with E-state index in [4.69, 9.17) is 0 Å². The highest BCUT2D eigenvalue weighted by Crippen LogP contribution is 2.58. The van der Waals surface area contributed by atoms with Crippen LogP contribution in [0.1, 0.15) is 72.1 Å². The molecule has 0 heterocycles. The third kappa shape index (κ3) is 5.18. The summed E-state index contributed by atoms with van der Waals surface area (Å²) in [5, 5.41) is 3.21. The van der Waals surface area contributed by atoms with E-state index in [2.05, 4.69) is 81.4 Å². The molecule has 0 aliphatic heterocycles. The Bertz CT molecular complexity index is 790. The molecule has 0 aromatic heterocycles. The van der Waals surface area contributed by atoms with Crippen molar-refractivity contribution in [1.29, 1.82) is 0 Å². The Balaban J connectivity index is 0.000000136. The summed E-state index contributed by atoms with van der Waals surface area (Å²) in [4.78, 5) is 0. The molecule has 4 bridgehead atoms. The van der Waals surface area contributed by atoms with Crippen LogP contribution in [0.5, 0.6) is 0 Å². The Morgan fingerprint density at radius 3 is 1.38 bits per heavy atom. The van der Waals surface area contributed by atoms with Crippen LogP contribution in [-0.4, -0.2) is 16.5 Å². The van der Waals surface area contributed by atoms with E-state index in [1.807, 2.05) is 0 Å². The zero-order valence-electron chi connectivity index (χ0n) is 20.3. The summed E-state index contributed by atoms with van der Waals surface area (Å²) < 4.78 is 0. The summed E-state index contributed by atoms with van der Waals surface area (Å²) in [5.74, 6) is 4.72. The lowest BCUT2D eigenvalue weighted by molar-refractivity contribution is 0.466. The zero-order valence-corrected chi connectivity index (χ0v) is 22.2. The van der Waals surface area contributed by atoms with E-state index in [0.29, 0.717) is 0 Å². The summed E-state index contributed by atoms with van der Waals surface area (Å²) in [7, 11) is 1.08. The molecule has 0 radical (unpaired) electrons. The van der Waals surface area contributed by atoms with Gasteiger partial charge in [-0.25, -0.2) is 0 Å². The number of benzene rings is 2. The average molecular weight is 465 g/mol. The van der Waals surface area contributed by atoms with E-state index in [-0.39, 0.29) is 13.1 Å². The van der Waals surface area contributed by atoms with Crippen LogP contribution in [0.2, 0.25) is 0 Å². The molecule has 2 aromatic rings. The van der Waals surface area contributed by atoms with Crippen LogP contribution in [-0.2, 0) is 0 Å². The molecular weight excluding hydrogens is 422 g/mol. The highest BCUT2D eigenvalue weighted by molar-refractivity contribution is 7.74. The molecule has 2 aromatic carbocycles. The van der Waals surface area contributed by atoms with Crippen molar-refractivity contribution >= 4 is 27.1 Å². The highest BCUT2D eigenvalue weighted by Gasteiger charge is 2.45. The van der Waals surface area contributed by atoms with Crippen molar-refractivity contribution in [3.63, 3.8) is 0 Å². The van der Waals surface area contributed by atoms with E-state index in [1.54, 1.807) is 51.4 Å². The molecule has 4 aliphatic carbocycles. The maximum absolute atomic E-state index is 2.33. The van der Waals surface area contributed by atoms with Gasteiger partial charge in [0, 0.05) is 0 Å². The fourth-order valence-corrected chi connectivity index (χ4v) is 12.7. The van der Waals surface area contributed by atoms with E-state index in [1.165, 1.54) is 54.2 Å². The highest BCUT2D eigenvalue weighted by atomic mass is 31.1. The Morgan fingerprint density at radius 2 is 1.06 bits per heavy atom. The Labute approximate surface area is 199 Å². The van der Waals surface area contributed by atoms with Gasteiger partial charge in [0.1, 0.15) is 0 Å². The molecular formula is C30H42P2. The van der Waals surface area contributed by atoms with Crippen molar-refractivity contribution < 1.29 is 0 Å². The summed E-state index contributed by atoms with van der Waals surface area (Å²) >= 11 is 0. The van der Waals surface area contributed by atoms with Crippen molar-refractivity contribution in [2.45, 2.75) is 88.6 Å². The maximum Gasteiger partial charge on any atom is -0.00991 e. The molecule has 6 rings (SSSR count). The van der Waals surface area contributed by atoms with Crippen LogP contribution in [0.25, 0.3) is 0 Å². The number of hydrogen-bond acceptors (Lipinski definition) is 0. The third-order valence-corrected chi connectivity index (χ3v) is 13.8. The van der Waals surface area contributed by atoms with Gasteiger partial charge in [0.25, 0.3) is 0 Å². The van der Waals surface area contributed by atoms with Gasteiger partial charge < -0.3 is 0 Å². The van der Waals surface area contributed by atoms with Gasteiger partial charge >= 0.3 is 0 Å². The minimum absolute atomic E-state index is 0.290. The van der Waals surface area contributed by atoms with Gasteiger partial charge in [-0.1, -0.05) is 94.3 Å². The van der Waals surface area contributed by atoms with Crippen molar-refractivity contribution in [3.05, 3.63) is 60.7 Å². The van der Waals surface area contributed by atoms with E-state index < -0.39 is 0 Å². The third-order valence-electron chi connectivity index (χ3n) is 8.60. The number of hydrogen-bond donors (Lipinski definition) is 0. The number of fused-ring (bicyclic) bond motifs is 4. The summed E-state index contributed by atoms with van der Waals surface area (Å²) in [5.41, 5.74) is 2.40. The fraction of sp³-hybridized carbons (Fsp3) is 0.600. The second kappa shape index (κ2) is 9.88. The summed E-state index contributed by atoms with van der Waals surface area (Å²) in [6.45, 7) is 7.00. The quantitative estimate of drug-likeness (QED) is 0.403. The predicted molar refractivity (Wildman–Crippen MR) is 146 cm³/mol. The van der Waals surface area contributed by atoms with Gasteiger partial charge in [-0.2, -0.15) is 0 Å². The van der Waals surface area contributed by atoms with E-state index in [0.717, 1.165) is 0 Å². The molecule has 4 saturated carbocycles. The SMILES string of the molecule is C1CC2CC1CC2PC1CC2CCC1C2.CC(C)(C)P(c1ccccc1)c1ccccc1. The first-order valence-corrected chi connectivity index (χ1v) is 15.6. The molecule has 4 aliphatic rings. The van der Waals surface area contributed by atoms with E-state index >= 15 is 0 Å². The van der Waals surface area contributed by atoms with Gasteiger partial charge in [0.15, 0.2) is 0 Å². The summed E-state index contributed by atoms with van der Waals surface area (Å²) in [6.07, 6.45) is 12.9. The van der Waals surface area contributed by atoms with Crippen LogP contribution < -0.4 is 10.6 Å². The Hall–Kier alpha value is -0.700. The minimum Gasteiger partial charge on any atom is -0.115 e. The van der Waals surface area contributed by atoms with Crippen LogP contribution in [0.4, 0.5) is 0 Å². The normalized spacial score (nSPS) is 33.2. The van der Waals surface area contributed by atoms with Crippen LogP contribution in [0.3, 0.4) is 0 Å². The van der Waals surface area contributed by atoms with Gasteiger partial charge in [0.05, 0.1) is 0 Å².